The lowest BCUT2D eigenvalue weighted by Gasteiger charge is -2.12. The van der Waals surface area contributed by atoms with Crippen molar-refractivity contribution in [2.24, 2.45) is 0 Å². The van der Waals surface area contributed by atoms with E-state index in [0.717, 1.165) is 49.0 Å². The average Bonchev–Trinajstić information content (AvgIpc) is 3.15. The second-order valence-corrected chi connectivity index (χ2v) is 6.72. The van der Waals surface area contributed by atoms with Crippen LogP contribution in [0.3, 0.4) is 0 Å². The van der Waals surface area contributed by atoms with E-state index in [2.05, 4.69) is 17.1 Å². The minimum atomic E-state index is -0.717. The van der Waals surface area contributed by atoms with Crippen molar-refractivity contribution >= 4 is 5.97 Å². The maximum Gasteiger partial charge on any atom is 0.303 e. The topological polar surface area (TPSA) is 64.3 Å². The summed E-state index contributed by atoms with van der Waals surface area (Å²) in [5.74, 6) is -0.717. The number of aromatic nitrogens is 2. The highest BCUT2D eigenvalue weighted by molar-refractivity contribution is 5.66. The lowest BCUT2D eigenvalue weighted by molar-refractivity contribution is -0.137. The molecule has 0 saturated carbocycles. The number of para-hydroxylation sites is 1. The van der Waals surface area contributed by atoms with Crippen molar-refractivity contribution in [3.8, 4) is 23.0 Å². The van der Waals surface area contributed by atoms with Crippen LogP contribution in [0.2, 0.25) is 0 Å². The smallest absolute Gasteiger partial charge is 0.303 e. The Hall–Kier alpha value is -3.08. The summed E-state index contributed by atoms with van der Waals surface area (Å²) in [4.78, 5) is 15.0. The van der Waals surface area contributed by atoms with E-state index in [-0.39, 0.29) is 6.42 Å². The van der Waals surface area contributed by atoms with Gasteiger partial charge in [0.1, 0.15) is 0 Å². The maximum absolute atomic E-state index is 10.5. The van der Waals surface area contributed by atoms with E-state index in [1.165, 1.54) is 0 Å². The predicted molar refractivity (Wildman–Crippen MR) is 110 cm³/mol. The Morgan fingerprint density at radius 1 is 0.893 bits per heavy atom. The van der Waals surface area contributed by atoms with Crippen molar-refractivity contribution in [3.63, 3.8) is 0 Å². The molecule has 0 aliphatic heterocycles. The standard InChI is InChI=1S/C23H26N2O3/c26-22(27)16-10-2-1-3-11-17-28-23-24-18-21(19-12-6-4-7-13-19)25(23)20-14-8-5-9-15-20/h4-9,12-15,18H,1-3,10-11,16-17H2,(H,26,27). The number of nitrogens with zero attached hydrogens (tertiary/aromatic N) is 2. The second kappa shape index (κ2) is 10.3. The van der Waals surface area contributed by atoms with Crippen LogP contribution >= 0.6 is 0 Å². The number of imidazole rings is 1. The van der Waals surface area contributed by atoms with Crippen molar-refractivity contribution in [1.29, 1.82) is 0 Å². The molecule has 0 bridgehead atoms. The number of aliphatic carboxylic acids is 1. The molecule has 5 heteroatoms. The summed E-state index contributed by atoms with van der Waals surface area (Å²) in [5.41, 5.74) is 3.10. The Morgan fingerprint density at radius 3 is 2.25 bits per heavy atom. The van der Waals surface area contributed by atoms with Gasteiger partial charge in [0.2, 0.25) is 0 Å². The number of rotatable bonds is 11. The molecule has 0 unspecified atom stereocenters. The number of hydrogen-bond donors (Lipinski definition) is 1. The van der Waals surface area contributed by atoms with Crippen LogP contribution in [0.5, 0.6) is 6.01 Å². The molecule has 5 nitrogen and oxygen atoms in total. The van der Waals surface area contributed by atoms with Crippen molar-refractivity contribution < 1.29 is 14.6 Å². The van der Waals surface area contributed by atoms with E-state index in [4.69, 9.17) is 9.84 Å². The fourth-order valence-corrected chi connectivity index (χ4v) is 3.15. The molecule has 1 heterocycles. The zero-order chi connectivity index (χ0) is 19.6. The summed E-state index contributed by atoms with van der Waals surface area (Å²) in [6.45, 7) is 0.594. The molecule has 1 N–H and O–H groups in total. The number of hydrogen-bond acceptors (Lipinski definition) is 3. The molecule has 0 saturated heterocycles. The van der Waals surface area contributed by atoms with E-state index < -0.39 is 5.97 Å². The largest absolute Gasteiger partial charge is 0.481 e. The van der Waals surface area contributed by atoms with Gasteiger partial charge in [-0.3, -0.25) is 9.36 Å². The molecule has 3 aromatic rings. The summed E-state index contributed by atoms with van der Waals surface area (Å²) in [7, 11) is 0. The van der Waals surface area contributed by atoms with Crippen LogP contribution < -0.4 is 4.74 Å². The molecule has 1 aromatic heterocycles. The molecule has 0 atom stereocenters. The van der Waals surface area contributed by atoms with Gasteiger partial charge in [0.05, 0.1) is 24.2 Å². The fourth-order valence-electron chi connectivity index (χ4n) is 3.15. The zero-order valence-electron chi connectivity index (χ0n) is 16.0. The molecule has 0 amide bonds. The van der Waals surface area contributed by atoms with Gasteiger partial charge in [-0.15, -0.1) is 0 Å². The van der Waals surface area contributed by atoms with Gasteiger partial charge in [0, 0.05) is 12.0 Å². The third kappa shape index (κ3) is 5.46. The molecule has 0 aliphatic rings. The summed E-state index contributed by atoms with van der Waals surface area (Å²) < 4.78 is 8.04. The predicted octanol–water partition coefficient (Wildman–Crippen LogP) is 5.34. The molecule has 28 heavy (non-hydrogen) atoms. The van der Waals surface area contributed by atoms with Gasteiger partial charge in [-0.2, -0.15) is 0 Å². The van der Waals surface area contributed by atoms with E-state index >= 15 is 0 Å². The van der Waals surface area contributed by atoms with Crippen LogP contribution in [0.1, 0.15) is 38.5 Å². The van der Waals surface area contributed by atoms with Gasteiger partial charge in [-0.25, -0.2) is 4.98 Å². The summed E-state index contributed by atoms with van der Waals surface area (Å²) in [6.07, 6.45) is 6.78. The first-order valence-electron chi connectivity index (χ1n) is 9.79. The van der Waals surface area contributed by atoms with Gasteiger partial charge in [0.15, 0.2) is 0 Å². The zero-order valence-corrected chi connectivity index (χ0v) is 16.0. The van der Waals surface area contributed by atoms with Crippen molar-refractivity contribution in [1.82, 2.24) is 9.55 Å². The Kier molecular flexibility index (Phi) is 7.24. The third-order valence-electron chi connectivity index (χ3n) is 4.58. The first-order valence-corrected chi connectivity index (χ1v) is 9.79. The SMILES string of the molecule is O=C(O)CCCCCCCOc1ncc(-c2ccccc2)n1-c1ccccc1. The van der Waals surface area contributed by atoms with Crippen LogP contribution in [0.25, 0.3) is 16.9 Å². The van der Waals surface area contributed by atoms with Crippen LogP contribution in [-0.2, 0) is 4.79 Å². The summed E-state index contributed by atoms with van der Waals surface area (Å²) in [6, 6.07) is 20.9. The molecule has 146 valence electrons. The Balaban J connectivity index is 1.62. The lowest BCUT2D eigenvalue weighted by Crippen LogP contribution is -2.05. The molecule has 0 aliphatic carbocycles. The van der Waals surface area contributed by atoms with Crippen LogP contribution in [0, 0.1) is 0 Å². The van der Waals surface area contributed by atoms with Crippen LogP contribution in [0.15, 0.2) is 66.9 Å². The highest BCUT2D eigenvalue weighted by Crippen LogP contribution is 2.28. The number of benzene rings is 2. The van der Waals surface area contributed by atoms with Gasteiger partial charge in [-0.05, 0) is 25.0 Å². The van der Waals surface area contributed by atoms with Crippen molar-refractivity contribution in [2.75, 3.05) is 6.61 Å². The van der Waals surface area contributed by atoms with Gasteiger partial charge in [-0.1, -0.05) is 67.8 Å². The lowest BCUT2D eigenvalue weighted by atomic mass is 10.1. The molecule has 2 aromatic carbocycles. The van der Waals surface area contributed by atoms with E-state index in [1.807, 2.05) is 59.3 Å². The number of unbranched alkanes of at least 4 members (excludes halogenated alkanes) is 4. The number of carboxylic acids is 1. The highest BCUT2D eigenvalue weighted by Gasteiger charge is 2.14. The Bertz CT molecular complexity index is 860. The van der Waals surface area contributed by atoms with Crippen molar-refractivity contribution in [2.45, 2.75) is 38.5 Å². The number of carboxylic acid groups (broad SMARTS) is 1. The summed E-state index contributed by atoms with van der Waals surface area (Å²) in [5, 5.41) is 8.66. The number of carbonyl (C=O) groups is 1. The Labute approximate surface area is 165 Å². The quantitative estimate of drug-likeness (QED) is 0.457. The van der Waals surface area contributed by atoms with Gasteiger partial charge < -0.3 is 9.84 Å². The summed E-state index contributed by atoms with van der Waals surface area (Å²) >= 11 is 0. The van der Waals surface area contributed by atoms with Gasteiger partial charge >= 0.3 is 12.0 Å². The molecule has 3 rings (SSSR count). The third-order valence-corrected chi connectivity index (χ3v) is 4.58. The van der Waals surface area contributed by atoms with E-state index in [0.29, 0.717) is 12.6 Å². The molecular weight excluding hydrogens is 352 g/mol. The van der Waals surface area contributed by atoms with Crippen LogP contribution in [-0.4, -0.2) is 27.2 Å². The molecule has 0 fully saturated rings. The molecule has 0 spiro atoms. The first-order chi connectivity index (χ1) is 13.8. The van der Waals surface area contributed by atoms with Crippen LogP contribution in [0.4, 0.5) is 0 Å². The Morgan fingerprint density at radius 2 is 1.54 bits per heavy atom. The van der Waals surface area contributed by atoms with E-state index in [9.17, 15) is 4.79 Å². The first kappa shape index (κ1) is 19.7. The maximum atomic E-state index is 10.5. The number of ether oxygens (including phenoxy) is 1. The second-order valence-electron chi connectivity index (χ2n) is 6.72. The van der Waals surface area contributed by atoms with Gasteiger partial charge in [0.25, 0.3) is 0 Å². The fraction of sp³-hybridized carbons (Fsp3) is 0.304. The average molecular weight is 378 g/mol. The van der Waals surface area contributed by atoms with Crippen molar-refractivity contribution in [3.05, 3.63) is 66.9 Å². The molecular formula is C23H26N2O3. The highest BCUT2D eigenvalue weighted by atomic mass is 16.5. The normalized spacial score (nSPS) is 10.7. The monoisotopic (exact) mass is 378 g/mol. The molecule has 0 radical (unpaired) electrons. The minimum absolute atomic E-state index is 0.257. The van der Waals surface area contributed by atoms with E-state index in [1.54, 1.807) is 0 Å². The minimum Gasteiger partial charge on any atom is -0.481 e.